The van der Waals surface area contributed by atoms with Gasteiger partial charge in [0.2, 0.25) is 0 Å². The second kappa shape index (κ2) is 7.10. The van der Waals surface area contributed by atoms with Gasteiger partial charge in [-0.25, -0.2) is 0 Å². The number of aliphatic hydroxyl groups is 1. The largest absolute Gasteiger partial charge is 0.390 e. The summed E-state index contributed by atoms with van der Waals surface area (Å²) in [5.41, 5.74) is 0.502. The molecule has 0 saturated heterocycles. The second-order valence-corrected chi connectivity index (χ2v) is 12.3. The molecule has 0 amide bonds. The quantitative estimate of drug-likeness (QED) is 0.605. The van der Waals surface area contributed by atoms with Gasteiger partial charge in [-0.3, -0.25) is 4.79 Å². The monoisotopic (exact) mass is 388 g/mol. The Morgan fingerprint density at radius 2 is 1.64 bits per heavy atom. The molecule has 0 heterocycles. The molecule has 4 rings (SSSR count). The third-order valence-electron chi connectivity index (χ3n) is 10.5. The zero-order valence-electron chi connectivity index (χ0n) is 19.1. The molecule has 0 aromatic carbocycles. The molecule has 0 aromatic heterocycles. The van der Waals surface area contributed by atoms with Crippen molar-refractivity contribution >= 4 is 5.78 Å². The molecule has 0 radical (unpaired) electrons. The highest BCUT2D eigenvalue weighted by Crippen LogP contribution is 2.68. The van der Waals surface area contributed by atoms with E-state index in [0.717, 1.165) is 55.3 Å². The molecule has 4 saturated carbocycles. The van der Waals surface area contributed by atoms with Gasteiger partial charge in [0.05, 0.1) is 5.60 Å². The third-order valence-corrected chi connectivity index (χ3v) is 10.5. The Morgan fingerprint density at radius 1 is 0.929 bits per heavy atom. The van der Waals surface area contributed by atoms with E-state index in [9.17, 15) is 9.90 Å². The molecule has 0 bridgehead atoms. The van der Waals surface area contributed by atoms with E-state index in [2.05, 4.69) is 20.8 Å². The van der Waals surface area contributed by atoms with Gasteiger partial charge in [0, 0.05) is 12.3 Å². The van der Waals surface area contributed by atoms with Crippen molar-refractivity contribution in [2.45, 2.75) is 111 Å². The molecule has 2 nitrogen and oxygen atoms in total. The molecule has 4 fully saturated rings. The van der Waals surface area contributed by atoms with E-state index in [1.54, 1.807) is 0 Å². The fourth-order valence-corrected chi connectivity index (χ4v) is 8.62. The van der Waals surface area contributed by atoms with Gasteiger partial charge in [-0.2, -0.15) is 0 Å². The molecular weight excluding hydrogens is 344 g/mol. The summed E-state index contributed by atoms with van der Waals surface area (Å²) in [6.07, 6.45) is 13.4. The van der Waals surface area contributed by atoms with E-state index < -0.39 is 5.60 Å². The van der Waals surface area contributed by atoms with Crippen LogP contribution in [-0.4, -0.2) is 16.5 Å². The first-order valence-corrected chi connectivity index (χ1v) is 12.3. The van der Waals surface area contributed by atoms with E-state index in [-0.39, 0.29) is 5.92 Å². The fourth-order valence-electron chi connectivity index (χ4n) is 8.62. The number of carbonyl (C=O) groups excluding carboxylic acids is 1. The first kappa shape index (κ1) is 20.9. The number of ketones is 1. The van der Waals surface area contributed by atoms with Gasteiger partial charge < -0.3 is 5.11 Å². The number of hydrogen-bond donors (Lipinski definition) is 1. The van der Waals surface area contributed by atoms with Crippen molar-refractivity contribution in [3.05, 3.63) is 0 Å². The van der Waals surface area contributed by atoms with E-state index in [1.807, 2.05) is 13.8 Å². The molecule has 4 aliphatic carbocycles. The van der Waals surface area contributed by atoms with Gasteiger partial charge >= 0.3 is 0 Å². The average molecular weight is 389 g/mol. The lowest BCUT2D eigenvalue weighted by atomic mass is 9.44. The Labute approximate surface area is 173 Å². The van der Waals surface area contributed by atoms with Crippen LogP contribution in [0.4, 0.5) is 0 Å². The van der Waals surface area contributed by atoms with Crippen molar-refractivity contribution in [3.8, 4) is 0 Å². The van der Waals surface area contributed by atoms with E-state index >= 15 is 0 Å². The molecule has 4 aliphatic rings. The molecule has 3 unspecified atom stereocenters. The van der Waals surface area contributed by atoms with Crippen LogP contribution in [0, 0.1) is 46.3 Å². The Bertz CT molecular complexity index is 608. The van der Waals surface area contributed by atoms with Crippen LogP contribution < -0.4 is 0 Å². The molecule has 0 spiro atoms. The van der Waals surface area contributed by atoms with Gasteiger partial charge in [0.25, 0.3) is 0 Å². The lowest BCUT2D eigenvalue weighted by Crippen LogP contribution is -2.55. The van der Waals surface area contributed by atoms with Crippen molar-refractivity contribution in [1.82, 2.24) is 0 Å². The zero-order valence-corrected chi connectivity index (χ0v) is 19.1. The molecule has 28 heavy (non-hydrogen) atoms. The maximum atomic E-state index is 12.2. The van der Waals surface area contributed by atoms with Crippen LogP contribution in [0.25, 0.3) is 0 Å². The predicted octanol–water partition coefficient (Wildman–Crippen LogP) is 6.40. The van der Waals surface area contributed by atoms with Crippen LogP contribution in [0.5, 0.6) is 0 Å². The van der Waals surface area contributed by atoms with Crippen LogP contribution in [0.3, 0.4) is 0 Å². The van der Waals surface area contributed by atoms with Crippen LogP contribution in [-0.2, 0) is 4.79 Å². The predicted molar refractivity (Wildman–Crippen MR) is 115 cm³/mol. The van der Waals surface area contributed by atoms with Gasteiger partial charge in [0.1, 0.15) is 5.78 Å². The summed E-state index contributed by atoms with van der Waals surface area (Å²) in [4.78, 5) is 12.2. The maximum absolute atomic E-state index is 12.2. The van der Waals surface area contributed by atoms with Crippen molar-refractivity contribution in [2.75, 3.05) is 0 Å². The van der Waals surface area contributed by atoms with E-state index in [0.29, 0.717) is 16.6 Å². The SMILES string of the molecule is CC(C)C(=O)CC[C@H]1CCC2C3CC[C@H]4C[C@@](C)(O)CC[C@]4(C)C3CC[C@@]21C. The Morgan fingerprint density at radius 3 is 2.36 bits per heavy atom. The molecular formula is C26H44O2. The number of rotatable bonds is 4. The van der Waals surface area contributed by atoms with Gasteiger partial charge in [0.15, 0.2) is 0 Å². The topological polar surface area (TPSA) is 37.3 Å². The third kappa shape index (κ3) is 3.30. The Kier molecular flexibility index (Phi) is 5.30. The summed E-state index contributed by atoms with van der Waals surface area (Å²) in [6, 6.07) is 0. The molecule has 0 aliphatic heterocycles. The highest BCUT2D eigenvalue weighted by molar-refractivity contribution is 5.80. The number of hydrogen-bond acceptors (Lipinski definition) is 2. The number of Topliss-reactive ketones (excluding diaryl/α,β-unsaturated/α-hetero) is 1. The highest BCUT2D eigenvalue weighted by Gasteiger charge is 2.60. The summed E-state index contributed by atoms with van der Waals surface area (Å²) in [5.74, 6) is 4.79. The number of fused-ring (bicyclic) bond motifs is 5. The highest BCUT2D eigenvalue weighted by atomic mass is 16.3. The molecule has 8 atom stereocenters. The maximum Gasteiger partial charge on any atom is 0.135 e. The molecule has 2 heteroatoms. The van der Waals surface area contributed by atoms with Crippen molar-refractivity contribution < 1.29 is 9.90 Å². The van der Waals surface area contributed by atoms with Gasteiger partial charge in [-0.1, -0.05) is 27.7 Å². The lowest BCUT2D eigenvalue weighted by Gasteiger charge is -2.62. The number of carbonyl (C=O) groups is 1. The van der Waals surface area contributed by atoms with Crippen LogP contribution >= 0.6 is 0 Å². The minimum absolute atomic E-state index is 0.194. The van der Waals surface area contributed by atoms with Crippen LogP contribution in [0.2, 0.25) is 0 Å². The fraction of sp³-hybridized carbons (Fsp3) is 0.962. The van der Waals surface area contributed by atoms with Gasteiger partial charge in [-0.15, -0.1) is 0 Å². The molecule has 0 aromatic rings. The minimum Gasteiger partial charge on any atom is -0.390 e. The average Bonchev–Trinajstić information content (AvgIpc) is 2.96. The minimum atomic E-state index is -0.429. The summed E-state index contributed by atoms with van der Waals surface area (Å²) in [7, 11) is 0. The van der Waals surface area contributed by atoms with Crippen molar-refractivity contribution in [2.24, 2.45) is 46.3 Å². The smallest absolute Gasteiger partial charge is 0.135 e. The summed E-state index contributed by atoms with van der Waals surface area (Å²) >= 11 is 0. The summed E-state index contributed by atoms with van der Waals surface area (Å²) in [6.45, 7) is 11.3. The second-order valence-electron chi connectivity index (χ2n) is 12.3. The van der Waals surface area contributed by atoms with Crippen molar-refractivity contribution in [3.63, 3.8) is 0 Å². The summed E-state index contributed by atoms with van der Waals surface area (Å²) in [5, 5.41) is 10.7. The normalized spacial score (nSPS) is 50.8. The Hall–Kier alpha value is -0.370. The standard InChI is InChI=1S/C26H44O2/c1-17(2)23(27)11-8-18-7-10-21-20-9-6-19-16-24(3,28)14-15-26(19,5)22(20)12-13-25(18,21)4/h17-22,28H,6-16H2,1-5H3/t18-,19+,20?,21?,22?,24+,25-,26+/m1/s1. The summed E-state index contributed by atoms with van der Waals surface area (Å²) < 4.78 is 0. The van der Waals surface area contributed by atoms with Crippen LogP contribution in [0.15, 0.2) is 0 Å². The zero-order chi connectivity index (χ0) is 20.3. The van der Waals surface area contributed by atoms with E-state index in [1.165, 1.54) is 44.9 Å². The Balaban J connectivity index is 1.48. The molecule has 160 valence electrons. The van der Waals surface area contributed by atoms with Gasteiger partial charge in [-0.05, 0) is 112 Å². The van der Waals surface area contributed by atoms with E-state index in [4.69, 9.17) is 0 Å². The lowest BCUT2D eigenvalue weighted by molar-refractivity contribution is -0.146. The van der Waals surface area contributed by atoms with Crippen LogP contribution in [0.1, 0.15) is 105 Å². The first-order chi connectivity index (χ1) is 13.1. The molecule has 1 N–H and O–H groups in total. The van der Waals surface area contributed by atoms with Crippen molar-refractivity contribution in [1.29, 1.82) is 0 Å². The first-order valence-electron chi connectivity index (χ1n) is 12.3.